The average molecular weight is 665 g/mol. The number of carbonyl (C=O) groups excluding carboxylic acids is 3. The van der Waals surface area contributed by atoms with E-state index in [2.05, 4.69) is 10.6 Å². The molecule has 2 saturated heterocycles. The number of aliphatic hydroxyl groups is 2. The number of nitrogens with zero attached hydrogens (tertiary/aromatic N) is 6. The average Bonchev–Trinajstić information content (AvgIpc) is 3.42. The number of benzene rings is 2. The van der Waals surface area contributed by atoms with Gasteiger partial charge in [-0.15, -0.1) is 0 Å². The maximum Gasteiger partial charge on any atom is 0.245 e. The van der Waals surface area contributed by atoms with Crippen molar-refractivity contribution in [2.45, 2.75) is 69.1 Å². The van der Waals surface area contributed by atoms with Crippen LogP contribution in [0.3, 0.4) is 0 Å². The molecule has 3 amide bonds. The highest BCUT2D eigenvalue weighted by Gasteiger charge is 2.44. The van der Waals surface area contributed by atoms with Crippen LogP contribution in [0.4, 0.5) is 8.78 Å². The molecule has 0 bridgehead atoms. The van der Waals surface area contributed by atoms with Gasteiger partial charge in [0, 0.05) is 38.3 Å². The van der Waals surface area contributed by atoms with Crippen molar-refractivity contribution in [3.8, 4) is 11.6 Å². The van der Waals surface area contributed by atoms with Crippen LogP contribution in [-0.2, 0) is 27.5 Å². The van der Waals surface area contributed by atoms with Crippen LogP contribution >= 0.6 is 0 Å². The maximum absolute atomic E-state index is 14.5. The van der Waals surface area contributed by atoms with Crippen LogP contribution in [-0.4, -0.2) is 114 Å². The Hall–Kier alpha value is -4.47. The number of likely N-dealkylation sites (tertiary alicyclic amines) is 2. The summed E-state index contributed by atoms with van der Waals surface area (Å²) in [6.45, 7) is 0.746. The Balaban J connectivity index is 1.30. The van der Waals surface area contributed by atoms with Gasteiger partial charge in [-0.2, -0.15) is 0 Å². The Morgan fingerprint density at radius 1 is 0.917 bits per heavy atom. The van der Waals surface area contributed by atoms with Crippen LogP contribution in [0.1, 0.15) is 25.7 Å². The molecule has 3 aliphatic rings. The first-order valence-electron chi connectivity index (χ1n) is 16.3. The van der Waals surface area contributed by atoms with E-state index in [0.717, 1.165) is 12.8 Å². The van der Waals surface area contributed by atoms with Crippen molar-refractivity contribution in [3.63, 3.8) is 0 Å². The largest absolute Gasteiger partial charge is 0.391 e. The number of likely N-dealkylation sites (N-methyl/N-ethyl adjacent to an activating group) is 1. The van der Waals surface area contributed by atoms with Crippen LogP contribution in [0.5, 0.6) is 0 Å². The van der Waals surface area contributed by atoms with Crippen molar-refractivity contribution in [1.82, 2.24) is 39.5 Å². The van der Waals surface area contributed by atoms with Gasteiger partial charge in [0.2, 0.25) is 18.2 Å². The second kappa shape index (κ2) is 12.9. The number of carbonyl (C=O) groups is 3. The van der Waals surface area contributed by atoms with E-state index in [9.17, 15) is 33.4 Å². The number of aliphatic hydroxyl groups excluding tert-OH is 2. The zero-order valence-corrected chi connectivity index (χ0v) is 26.4. The smallest absolute Gasteiger partial charge is 0.245 e. The molecule has 5 unspecified atom stereocenters. The zero-order chi connectivity index (χ0) is 33.7. The SMILES string of the molecule is CNCC(=O)NC(C(=O)N1CC(O)CC1Cn1c(-c2nc3cc(F)ccc3n2CC2CC(O)CN2C=O)nc2cc(F)ccc21)C1CC1. The molecule has 4 heterocycles. The first kappa shape index (κ1) is 32.1. The number of amides is 3. The molecule has 0 radical (unpaired) electrons. The Bertz CT molecular complexity index is 1880. The molecule has 13 nitrogen and oxygen atoms in total. The summed E-state index contributed by atoms with van der Waals surface area (Å²) in [6.07, 6.45) is 1.45. The van der Waals surface area contributed by atoms with E-state index in [-0.39, 0.29) is 62.9 Å². The summed E-state index contributed by atoms with van der Waals surface area (Å²) in [5.41, 5.74) is 1.84. The Kier molecular flexibility index (Phi) is 8.60. The highest BCUT2D eigenvalue weighted by Crippen LogP contribution is 2.36. The minimum atomic E-state index is -0.793. The summed E-state index contributed by atoms with van der Waals surface area (Å²) in [6, 6.07) is 6.85. The molecule has 7 rings (SSSR count). The molecular formula is C33H38F2N8O5. The number of hydrogen-bond acceptors (Lipinski definition) is 8. The fourth-order valence-electron chi connectivity index (χ4n) is 7.27. The molecule has 48 heavy (non-hydrogen) atoms. The Morgan fingerprint density at radius 2 is 1.48 bits per heavy atom. The lowest BCUT2D eigenvalue weighted by Gasteiger charge is -2.30. The molecule has 2 aliphatic heterocycles. The monoisotopic (exact) mass is 664 g/mol. The van der Waals surface area contributed by atoms with Gasteiger partial charge in [0.15, 0.2) is 11.6 Å². The first-order valence-corrected chi connectivity index (χ1v) is 16.3. The van der Waals surface area contributed by atoms with Crippen molar-refractivity contribution >= 4 is 40.3 Å². The van der Waals surface area contributed by atoms with E-state index < -0.39 is 35.9 Å². The number of imidazole rings is 2. The maximum atomic E-state index is 14.5. The highest BCUT2D eigenvalue weighted by atomic mass is 19.1. The minimum absolute atomic E-state index is 0.0182. The molecule has 1 saturated carbocycles. The second-order valence-corrected chi connectivity index (χ2v) is 13.2. The quantitative estimate of drug-likeness (QED) is 0.173. The van der Waals surface area contributed by atoms with Gasteiger partial charge in [-0.25, -0.2) is 18.7 Å². The van der Waals surface area contributed by atoms with Gasteiger partial charge in [0.05, 0.1) is 52.9 Å². The predicted octanol–water partition coefficient (Wildman–Crippen LogP) is 0.999. The van der Waals surface area contributed by atoms with Gasteiger partial charge >= 0.3 is 0 Å². The lowest BCUT2D eigenvalue weighted by molar-refractivity contribution is -0.138. The normalized spacial score (nSPS) is 23.4. The summed E-state index contributed by atoms with van der Waals surface area (Å²) in [4.78, 5) is 51.1. The van der Waals surface area contributed by atoms with Crippen molar-refractivity contribution in [2.75, 3.05) is 26.7 Å². The van der Waals surface area contributed by atoms with E-state index in [0.29, 0.717) is 46.5 Å². The molecule has 5 atom stereocenters. The number of fused-ring (bicyclic) bond motifs is 2. The van der Waals surface area contributed by atoms with Crippen LogP contribution < -0.4 is 10.6 Å². The van der Waals surface area contributed by atoms with Crippen LogP contribution in [0.15, 0.2) is 36.4 Å². The fourth-order valence-corrected chi connectivity index (χ4v) is 7.27. The third kappa shape index (κ3) is 6.13. The van der Waals surface area contributed by atoms with Gasteiger partial charge in [-0.3, -0.25) is 14.4 Å². The van der Waals surface area contributed by atoms with E-state index in [1.165, 1.54) is 29.2 Å². The molecule has 4 aromatic rings. The summed E-state index contributed by atoms with van der Waals surface area (Å²) in [7, 11) is 1.65. The number of hydrogen-bond donors (Lipinski definition) is 4. The molecule has 3 fully saturated rings. The molecule has 2 aromatic carbocycles. The predicted molar refractivity (Wildman–Crippen MR) is 170 cm³/mol. The molecule has 0 spiro atoms. The summed E-state index contributed by atoms with van der Waals surface area (Å²) >= 11 is 0. The standard InChI is InChI=1S/C33H38F2N8O5/c1-36-12-29(47)39-30(18-2-3-18)33(48)41-16-24(46)11-22(41)14-43-28-7-5-20(35)9-26(28)38-32(43)31-37-25-8-19(34)4-6-27(25)42(31)13-21-10-23(45)15-40(21)17-44/h4-9,17-18,21-24,30,36,45-46H,2-3,10-16H2,1H3,(H,39,47). The van der Waals surface area contributed by atoms with Crippen molar-refractivity contribution in [2.24, 2.45) is 5.92 Å². The van der Waals surface area contributed by atoms with Crippen molar-refractivity contribution in [3.05, 3.63) is 48.0 Å². The van der Waals surface area contributed by atoms with E-state index in [1.807, 2.05) is 9.13 Å². The summed E-state index contributed by atoms with van der Waals surface area (Å²) in [5.74, 6) is -0.845. The number of rotatable bonds is 11. The molecule has 254 valence electrons. The molecule has 2 aromatic heterocycles. The minimum Gasteiger partial charge on any atom is -0.391 e. The van der Waals surface area contributed by atoms with Gasteiger partial charge in [-0.1, -0.05) is 0 Å². The van der Waals surface area contributed by atoms with E-state index in [1.54, 1.807) is 24.1 Å². The number of β-amino-alcohol motifs (C(OH)–C–C–N with tert-alkyl or cyclic N) is 2. The highest BCUT2D eigenvalue weighted by molar-refractivity contribution is 5.89. The zero-order valence-electron chi connectivity index (χ0n) is 26.4. The third-order valence-corrected chi connectivity index (χ3v) is 9.67. The Labute approximate surface area is 274 Å². The van der Waals surface area contributed by atoms with Crippen LogP contribution in [0.2, 0.25) is 0 Å². The Morgan fingerprint density at radius 3 is 2.04 bits per heavy atom. The number of aromatic nitrogens is 4. The van der Waals surface area contributed by atoms with E-state index in [4.69, 9.17) is 9.97 Å². The second-order valence-electron chi connectivity index (χ2n) is 13.2. The van der Waals surface area contributed by atoms with Gasteiger partial charge in [0.25, 0.3) is 0 Å². The van der Waals surface area contributed by atoms with Crippen molar-refractivity contribution in [1.29, 1.82) is 0 Å². The fraction of sp³-hybridized carbons (Fsp3) is 0.485. The number of nitrogens with one attached hydrogen (secondary N) is 2. The van der Waals surface area contributed by atoms with E-state index >= 15 is 0 Å². The molecule has 15 heteroatoms. The summed E-state index contributed by atoms with van der Waals surface area (Å²) < 4.78 is 32.6. The molecule has 4 N–H and O–H groups in total. The molecular weight excluding hydrogens is 626 g/mol. The first-order chi connectivity index (χ1) is 23.1. The van der Waals surface area contributed by atoms with Crippen LogP contribution in [0, 0.1) is 17.6 Å². The van der Waals surface area contributed by atoms with Crippen LogP contribution in [0.25, 0.3) is 33.7 Å². The summed E-state index contributed by atoms with van der Waals surface area (Å²) in [5, 5.41) is 26.8. The topological polar surface area (TPSA) is 158 Å². The van der Waals surface area contributed by atoms with Gasteiger partial charge in [-0.05, 0) is 62.9 Å². The van der Waals surface area contributed by atoms with Crippen molar-refractivity contribution < 1.29 is 33.4 Å². The third-order valence-electron chi connectivity index (χ3n) is 9.67. The van der Waals surface area contributed by atoms with Gasteiger partial charge in [0.1, 0.15) is 17.7 Å². The number of halogens is 2. The molecule has 1 aliphatic carbocycles. The van der Waals surface area contributed by atoms with Gasteiger partial charge < -0.3 is 39.8 Å². The lowest BCUT2D eigenvalue weighted by Crippen LogP contribution is -2.53. The lowest BCUT2D eigenvalue weighted by atomic mass is 10.1.